The first-order chi connectivity index (χ1) is 18.0. The number of hydrogen-bond acceptors (Lipinski definition) is 5. The minimum atomic E-state index is -1.86. The van der Waals surface area contributed by atoms with Gasteiger partial charge in [-0.25, -0.2) is 4.79 Å². The number of benzene rings is 3. The largest absolute Gasteiger partial charge is 0.445 e. The van der Waals surface area contributed by atoms with Crippen molar-refractivity contribution >= 4 is 25.9 Å². The molecule has 0 fully saturated rings. The smallest absolute Gasteiger partial charge is 0.409 e. The summed E-state index contributed by atoms with van der Waals surface area (Å²) in [4.78, 5) is 30.4. The van der Waals surface area contributed by atoms with Crippen molar-refractivity contribution in [1.82, 2.24) is 5.32 Å². The fourth-order valence-corrected chi connectivity index (χ4v) is 4.88. The molecule has 1 amide bonds. The van der Waals surface area contributed by atoms with Gasteiger partial charge in [-0.1, -0.05) is 99.6 Å². The first-order valence-corrected chi connectivity index (χ1v) is 15.8. The average Bonchev–Trinajstić information content (AvgIpc) is 3.03. The van der Waals surface area contributed by atoms with E-state index in [1.165, 1.54) is 0 Å². The van der Waals surface area contributed by atoms with Crippen molar-refractivity contribution in [2.75, 3.05) is 0 Å². The summed E-state index contributed by atoms with van der Waals surface area (Å²) in [6, 6.07) is 25.2. The highest BCUT2D eigenvalue weighted by molar-refractivity contribution is 6.74. The minimum Gasteiger partial charge on any atom is -0.445 e. The molecule has 7 heteroatoms. The van der Waals surface area contributed by atoms with E-state index >= 15 is 0 Å². The lowest BCUT2D eigenvalue weighted by Crippen LogP contribution is -2.40. The second kappa shape index (κ2) is 11.5. The number of carbonyl (C=O) groups excluding carboxylic acids is 2. The van der Waals surface area contributed by atoms with Gasteiger partial charge in [0.05, 0.1) is 12.3 Å². The summed E-state index contributed by atoms with van der Waals surface area (Å²) >= 11 is 0. The van der Waals surface area contributed by atoms with Crippen molar-refractivity contribution in [2.24, 2.45) is 4.99 Å². The molecule has 0 aliphatic carbocycles. The molecule has 1 atom stereocenters. The van der Waals surface area contributed by atoms with Gasteiger partial charge in [0, 0.05) is 17.5 Å². The Kier molecular flexibility index (Phi) is 8.28. The van der Waals surface area contributed by atoms with Gasteiger partial charge in [0.1, 0.15) is 6.61 Å². The number of alkyl carbamates (subject to hydrolysis) is 1. The van der Waals surface area contributed by atoms with Crippen molar-refractivity contribution in [1.29, 1.82) is 0 Å². The maximum atomic E-state index is 13.1. The molecule has 0 aromatic heterocycles. The van der Waals surface area contributed by atoms with E-state index < -0.39 is 20.6 Å². The average molecular weight is 529 g/mol. The zero-order valence-electron chi connectivity index (χ0n) is 22.8. The fourth-order valence-electron chi connectivity index (χ4n) is 3.92. The molecule has 0 saturated carbocycles. The summed E-state index contributed by atoms with van der Waals surface area (Å²) in [5.41, 5.74) is 5.24. The zero-order valence-corrected chi connectivity index (χ0v) is 23.8. The van der Waals surface area contributed by atoms with Crippen LogP contribution in [0.5, 0.6) is 0 Å². The van der Waals surface area contributed by atoms with E-state index in [9.17, 15) is 9.59 Å². The van der Waals surface area contributed by atoms with Crippen LogP contribution in [-0.4, -0.2) is 32.1 Å². The number of rotatable bonds is 7. The van der Waals surface area contributed by atoms with Gasteiger partial charge in [0.15, 0.2) is 20.3 Å². The molecule has 0 radical (unpaired) electrons. The van der Waals surface area contributed by atoms with Crippen LogP contribution < -0.4 is 5.32 Å². The van der Waals surface area contributed by atoms with Crippen molar-refractivity contribution in [3.05, 3.63) is 107 Å². The molecule has 3 aromatic carbocycles. The van der Waals surface area contributed by atoms with Crippen molar-refractivity contribution in [2.45, 2.75) is 64.7 Å². The van der Waals surface area contributed by atoms with Crippen molar-refractivity contribution < 1.29 is 18.8 Å². The Morgan fingerprint density at radius 2 is 1.55 bits per heavy atom. The first-order valence-electron chi connectivity index (χ1n) is 12.9. The molecule has 1 aliphatic heterocycles. The molecule has 0 saturated heterocycles. The molecule has 1 N–H and O–H groups in total. The van der Waals surface area contributed by atoms with Crippen LogP contribution >= 0.6 is 0 Å². The number of ketones is 1. The van der Waals surface area contributed by atoms with Gasteiger partial charge >= 0.3 is 6.09 Å². The number of aliphatic imine (C=N–C) groups is 1. The number of nitrogens with one attached hydrogen (secondary N) is 1. The van der Waals surface area contributed by atoms with Crippen LogP contribution in [0.1, 0.15) is 48.6 Å². The third-order valence-corrected chi connectivity index (χ3v) is 11.8. The number of nitrogens with zero attached hydrogens (tertiary/aromatic N) is 1. The zero-order chi connectivity index (χ0) is 27.3. The van der Waals surface area contributed by atoms with Gasteiger partial charge in [-0.15, -0.1) is 0 Å². The van der Waals surface area contributed by atoms with Gasteiger partial charge < -0.3 is 9.16 Å². The van der Waals surface area contributed by atoms with Gasteiger partial charge in [-0.05, 0) is 34.8 Å². The highest BCUT2D eigenvalue weighted by Crippen LogP contribution is 2.37. The lowest BCUT2D eigenvalue weighted by molar-refractivity contribution is -0.120. The third kappa shape index (κ3) is 6.65. The Balaban J connectivity index is 1.54. The highest BCUT2D eigenvalue weighted by atomic mass is 28.4. The van der Waals surface area contributed by atoms with Crippen LogP contribution in [0.3, 0.4) is 0 Å². The number of Topliss-reactive ketones (excluding diaryl/α,β-unsaturated/α-hetero) is 1. The molecule has 0 spiro atoms. The predicted molar refractivity (Wildman–Crippen MR) is 153 cm³/mol. The summed E-state index contributed by atoms with van der Waals surface area (Å²) < 4.78 is 11.7. The predicted octanol–water partition coefficient (Wildman–Crippen LogP) is 6.42. The Morgan fingerprint density at radius 1 is 0.921 bits per heavy atom. The van der Waals surface area contributed by atoms with Gasteiger partial charge in [0.2, 0.25) is 0 Å². The molecular weight excluding hydrogens is 492 g/mol. The van der Waals surface area contributed by atoms with Gasteiger partial charge in [-0.2, -0.15) is 0 Å². The third-order valence-electron chi connectivity index (χ3n) is 7.30. The maximum Gasteiger partial charge on any atom is 0.409 e. The fraction of sp³-hybridized carbons (Fsp3) is 0.323. The van der Waals surface area contributed by atoms with E-state index in [4.69, 9.17) is 14.2 Å². The van der Waals surface area contributed by atoms with Crippen LogP contribution in [0, 0.1) is 0 Å². The molecule has 4 rings (SSSR count). The van der Waals surface area contributed by atoms with Crippen LogP contribution in [-0.2, 0) is 33.6 Å². The van der Waals surface area contributed by atoms with E-state index in [0.29, 0.717) is 12.3 Å². The summed E-state index contributed by atoms with van der Waals surface area (Å²) in [6.07, 6.45) is -1.55. The maximum absolute atomic E-state index is 13.1. The highest BCUT2D eigenvalue weighted by Gasteiger charge is 2.37. The van der Waals surface area contributed by atoms with E-state index in [-0.39, 0.29) is 23.8 Å². The quantitative estimate of drug-likeness (QED) is 0.359. The second-order valence-corrected chi connectivity index (χ2v) is 15.9. The Hall–Kier alpha value is -3.55. The van der Waals surface area contributed by atoms with Gasteiger partial charge in [0.25, 0.3) is 0 Å². The van der Waals surface area contributed by atoms with Crippen molar-refractivity contribution in [3.8, 4) is 0 Å². The molecule has 1 unspecified atom stereocenters. The van der Waals surface area contributed by atoms with Crippen molar-refractivity contribution in [3.63, 3.8) is 0 Å². The summed E-state index contributed by atoms with van der Waals surface area (Å²) in [5, 5.41) is 2.80. The molecule has 198 valence electrons. The molecule has 3 aromatic rings. The van der Waals surface area contributed by atoms with Gasteiger partial charge in [-0.3, -0.25) is 15.1 Å². The minimum absolute atomic E-state index is 0.114. The standard InChI is InChI=1S/C31H36N2O4Si/c1-31(2,3)38(4,5)37-21-23-15-17-24(18-16-23)28-26-14-10-9-13-25(26)19-27(34)29(32-28)33-30(35)36-20-22-11-7-6-8-12-22/h6-18,29H,19-21H2,1-5H3,(H,33,35). The lowest BCUT2D eigenvalue weighted by atomic mass is 9.95. The molecule has 38 heavy (non-hydrogen) atoms. The Labute approximate surface area is 226 Å². The van der Waals surface area contributed by atoms with E-state index in [1.807, 2.05) is 78.9 Å². The van der Waals surface area contributed by atoms with Crippen LogP contribution in [0.2, 0.25) is 18.1 Å². The molecule has 6 nitrogen and oxygen atoms in total. The van der Waals surface area contributed by atoms with Crippen LogP contribution in [0.4, 0.5) is 4.79 Å². The number of hydrogen-bond donors (Lipinski definition) is 1. The molecule has 1 heterocycles. The normalized spacial score (nSPS) is 15.8. The van der Waals surface area contributed by atoms with Crippen LogP contribution in [0.15, 0.2) is 83.9 Å². The van der Waals surface area contributed by atoms with Crippen LogP contribution in [0.25, 0.3) is 0 Å². The Morgan fingerprint density at radius 3 is 2.24 bits per heavy atom. The SMILES string of the molecule is CC(C)(C)[Si](C)(C)OCc1ccc(C2=NC(NC(=O)OCc3ccccc3)C(=O)Cc3ccccc32)cc1. The second-order valence-electron chi connectivity index (χ2n) is 11.1. The monoisotopic (exact) mass is 528 g/mol. The molecular formula is C31H36N2O4Si. The Bertz CT molecular complexity index is 1310. The number of ether oxygens (including phenoxy) is 1. The molecule has 1 aliphatic rings. The number of amides is 1. The van der Waals surface area contributed by atoms with E-state index in [2.05, 4.69) is 39.2 Å². The topological polar surface area (TPSA) is 77.0 Å². The number of fused-ring (bicyclic) bond motifs is 1. The molecule has 0 bridgehead atoms. The summed E-state index contributed by atoms with van der Waals surface area (Å²) in [6.45, 7) is 11.8. The van der Waals surface area contributed by atoms with E-state index in [1.54, 1.807) is 0 Å². The summed E-state index contributed by atoms with van der Waals surface area (Å²) in [7, 11) is -1.86. The number of carbonyl (C=O) groups is 2. The first kappa shape index (κ1) is 27.5. The lowest BCUT2D eigenvalue weighted by Gasteiger charge is -2.36. The summed E-state index contributed by atoms with van der Waals surface area (Å²) in [5.74, 6) is -0.191. The van der Waals surface area contributed by atoms with E-state index in [0.717, 1.165) is 27.8 Å².